The number of carbonyl (C=O) groups excluding carboxylic acids is 9. The molecule has 420 valence electrons. The first-order valence-electron chi connectivity index (χ1n) is 25.2. The molecule has 80 heavy (non-hydrogen) atoms. The Labute approximate surface area is 468 Å². The SMILES string of the molecule is CC(N)c1ccccc1.CC(NC1(C#N)CCC1N[B]C=O)c1ccccc1.C[Si](C)(C)C#N.NC1(C(=O)O)CCC1N[B]C=O.O=C1C=CC(=O)O1.O=C[B]NC1CCC1(C(=O)O)N1C(=O)C=CC1=O.O=C[B]NC1CCC1=O. The summed E-state index contributed by atoms with van der Waals surface area (Å²) in [5, 5.41) is 50.0. The summed E-state index contributed by atoms with van der Waals surface area (Å²) in [4.78, 5) is 117. The van der Waals surface area contributed by atoms with E-state index in [1.54, 1.807) is 0 Å². The number of aliphatic carboxylic acids is 2. The number of nitrogens with zero attached hydrogens (tertiary/aromatic N) is 3. The Balaban J connectivity index is 0.000000331. The molecule has 29 heteroatoms. The lowest BCUT2D eigenvalue weighted by Gasteiger charge is -2.50. The van der Waals surface area contributed by atoms with Gasteiger partial charge < -0.3 is 66.5 Å². The van der Waals surface area contributed by atoms with Crippen LogP contribution in [0, 0.1) is 22.3 Å². The van der Waals surface area contributed by atoms with Crippen LogP contribution in [0.25, 0.3) is 0 Å². The summed E-state index contributed by atoms with van der Waals surface area (Å²) in [7, 11) is 3.55. The molecular weight excluding hydrogens is 1050 g/mol. The number of carboxylic acids is 2. The van der Waals surface area contributed by atoms with Crippen LogP contribution in [-0.4, -0.2) is 160 Å². The molecule has 11 N–H and O–H groups in total. The predicted molar refractivity (Wildman–Crippen MR) is 300 cm³/mol. The zero-order chi connectivity index (χ0) is 60.1. The average molecular weight is 1110 g/mol. The number of Topliss-reactive ketones (excluding diaryl/α,β-unsaturated/α-hetero) is 1. The number of ketones is 1. The predicted octanol–water partition coefficient (Wildman–Crippen LogP) is -0.376. The van der Waals surface area contributed by atoms with Crippen LogP contribution in [0.3, 0.4) is 0 Å². The second-order valence-corrected chi connectivity index (χ2v) is 24.3. The number of ether oxygens (including phenoxy) is 1. The second kappa shape index (κ2) is 34.0. The lowest BCUT2D eigenvalue weighted by Crippen LogP contribution is -2.73. The van der Waals surface area contributed by atoms with Gasteiger partial charge in [-0.05, 0) is 69.9 Å². The summed E-state index contributed by atoms with van der Waals surface area (Å²) in [6, 6.07) is 21.7. The number of amides is 2. The third-order valence-electron chi connectivity index (χ3n) is 13.0. The highest BCUT2D eigenvalue weighted by Crippen LogP contribution is 2.40. The molecule has 4 aliphatic carbocycles. The normalized spacial score (nSPS) is 24.8. The van der Waals surface area contributed by atoms with Crippen LogP contribution in [0.1, 0.15) is 88.4 Å². The maximum absolute atomic E-state index is 11.6. The highest BCUT2D eigenvalue weighted by molar-refractivity contribution is 6.83. The van der Waals surface area contributed by atoms with E-state index in [2.05, 4.69) is 42.7 Å². The van der Waals surface area contributed by atoms with Crippen LogP contribution in [-0.2, 0) is 57.5 Å². The van der Waals surface area contributed by atoms with E-state index in [1.807, 2.05) is 94.2 Å². The third-order valence-corrected chi connectivity index (χ3v) is 13.6. The van der Waals surface area contributed by atoms with Crippen molar-refractivity contribution >= 4 is 104 Å². The molecular formula is C51H66B4N10O14Si. The van der Waals surface area contributed by atoms with E-state index in [-0.39, 0.29) is 42.4 Å². The Morgan fingerprint density at radius 1 is 0.688 bits per heavy atom. The standard InChI is InChI=1S/C14H17BN3O.C10H10BN2O5.C8H11N.C6H10BN2O3.C5H7BNO2.C4H9NSi.C4H2O3/c1-11(12-5-3-2-4-6-12)17-14(9-16)8-7-13(14)18-15-10-19;14-5-11-12-6-3-4-10(6,9(17)18)13-7(15)1-2-8(13)16;1-7(9)8-5-3-2-4-6-8;8-6(5(11)12)2-1-4(6)9-7-3-10;8-3-6-7-4-1-2-5(4)9;1-6(2,3)4-5;5-3-1-2-4(6)7-3/h2-6,10-11,13,17-18H,7-8H2,1H3;1-2,5-6,12H,3-4H2,(H,17,18);2-7H,9H2,1H3;3-4,9H,1-2,8H2,(H,11,12);3-4,7H,1-2H2;1-3H3;1-2H. The lowest BCUT2D eigenvalue weighted by molar-refractivity contribution is -0.171. The zero-order valence-electron chi connectivity index (χ0n) is 45.1. The summed E-state index contributed by atoms with van der Waals surface area (Å²) >= 11 is 0. The van der Waals surface area contributed by atoms with Crippen LogP contribution in [0.4, 0.5) is 0 Å². The van der Waals surface area contributed by atoms with Crippen molar-refractivity contribution < 1.29 is 67.7 Å². The van der Waals surface area contributed by atoms with Crippen LogP contribution in [0.2, 0.25) is 19.6 Å². The molecule has 2 heterocycles. The highest BCUT2D eigenvalue weighted by Gasteiger charge is 2.61. The molecule has 0 aromatic heterocycles. The van der Waals surface area contributed by atoms with Crippen molar-refractivity contribution in [1.82, 2.24) is 31.1 Å². The molecule has 0 bridgehead atoms. The third kappa shape index (κ3) is 20.7. The molecule has 0 saturated heterocycles. The highest BCUT2D eigenvalue weighted by atomic mass is 28.3. The van der Waals surface area contributed by atoms with Crippen molar-refractivity contribution in [3.05, 3.63) is 96.1 Å². The Morgan fingerprint density at radius 3 is 1.44 bits per heavy atom. The Morgan fingerprint density at radius 2 is 1.14 bits per heavy atom. The van der Waals surface area contributed by atoms with E-state index >= 15 is 0 Å². The van der Waals surface area contributed by atoms with Gasteiger partial charge in [-0.25, -0.2) is 19.6 Å². The minimum atomic E-state index is -1.60. The van der Waals surface area contributed by atoms with Gasteiger partial charge in [0.15, 0.2) is 13.6 Å². The van der Waals surface area contributed by atoms with Gasteiger partial charge in [-0.3, -0.25) is 29.4 Å². The number of hydrogen-bond donors (Lipinski definition) is 9. The maximum Gasteiger partial charge on any atom is 0.338 e. The quantitative estimate of drug-likeness (QED) is 0.0285. The molecule has 2 aliphatic heterocycles. The second-order valence-electron chi connectivity index (χ2n) is 19.6. The van der Waals surface area contributed by atoms with Crippen molar-refractivity contribution in [2.24, 2.45) is 11.5 Å². The number of nitriles is 2. The largest absolute Gasteiger partial charge is 0.480 e. The van der Waals surface area contributed by atoms with Gasteiger partial charge in [0.2, 0.25) is 0 Å². The maximum atomic E-state index is 11.6. The summed E-state index contributed by atoms with van der Waals surface area (Å²) in [5.74, 6) is -4.51. The number of carboxylic acid groups (broad SMARTS) is 2. The van der Waals surface area contributed by atoms with Crippen LogP contribution in [0.15, 0.2) is 85.0 Å². The summed E-state index contributed by atoms with van der Waals surface area (Å²) < 4.78 is 3.97. The van der Waals surface area contributed by atoms with Crippen molar-refractivity contribution in [2.75, 3.05) is 0 Å². The van der Waals surface area contributed by atoms with Crippen molar-refractivity contribution in [2.45, 2.75) is 138 Å². The van der Waals surface area contributed by atoms with Gasteiger partial charge in [0, 0.05) is 66.6 Å². The summed E-state index contributed by atoms with van der Waals surface area (Å²) in [5.41, 5.74) is 12.4. The lowest BCUT2D eigenvalue weighted by atomic mass is 9.68. The molecule has 4 saturated carbocycles. The first kappa shape index (κ1) is 68.8. The number of nitrogens with one attached hydrogen (secondary N) is 5. The summed E-state index contributed by atoms with van der Waals surface area (Å²) in [6.45, 7) is 10.1. The first-order valence-corrected chi connectivity index (χ1v) is 28.7. The molecule has 8 rings (SSSR count). The van der Waals surface area contributed by atoms with E-state index in [4.69, 9.17) is 21.8 Å². The van der Waals surface area contributed by atoms with E-state index in [9.17, 15) is 63.1 Å². The number of imide groups is 1. The van der Waals surface area contributed by atoms with Crippen LogP contribution in [0.5, 0.6) is 0 Å². The summed E-state index contributed by atoms with van der Waals surface area (Å²) in [6.07, 6.45) is 11.7. The van der Waals surface area contributed by atoms with Gasteiger partial charge in [0.05, 0.1) is 36.9 Å². The number of benzene rings is 2. The molecule has 4 radical (unpaired) electrons. The van der Waals surface area contributed by atoms with Gasteiger partial charge in [0.1, 0.15) is 16.9 Å². The average Bonchev–Trinajstić information content (AvgIpc) is 4.06. The minimum Gasteiger partial charge on any atom is -0.480 e. The number of hydrogen-bond acceptors (Lipinski definition) is 21. The zero-order valence-corrected chi connectivity index (χ0v) is 46.1. The molecule has 9 atom stereocenters. The fourth-order valence-electron chi connectivity index (χ4n) is 7.90. The Kier molecular flexibility index (Phi) is 29.2. The van der Waals surface area contributed by atoms with Crippen molar-refractivity contribution in [1.29, 1.82) is 10.5 Å². The number of carbonyl (C=O) groups is 11. The molecule has 6 aliphatic rings. The molecule has 0 spiro atoms. The fourth-order valence-corrected chi connectivity index (χ4v) is 7.90. The number of nitrogens with two attached hydrogens (primary N) is 2. The number of esters is 2. The van der Waals surface area contributed by atoms with Gasteiger partial charge in [-0.15, -0.1) is 0 Å². The van der Waals surface area contributed by atoms with E-state index in [0.29, 0.717) is 50.4 Å². The van der Waals surface area contributed by atoms with Gasteiger partial charge in [-0.2, -0.15) is 5.26 Å². The monoisotopic (exact) mass is 1110 g/mol. The molecule has 2 aromatic carbocycles. The van der Waals surface area contributed by atoms with Crippen molar-refractivity contribution in [3.8, 4) is 11.8 Å². The topological polar surface area (TPSA) is 400 Å². The number of cyclic esters (lactones) is 2. The van der Waals surface area contributed by atoms with E-state index in [0.717, 1.165) is 61.4 Å². The molecule has 24 nitrogen and oxygen atoms in total. The van der Waals surface area contributed by atoms with E-state index < -0.39 is 66.4 Å². The first-order chi connectivity index (χ1) is 37.9. The van der Waals surface area contributed by atoms with Gasteiger partial charge in [-0.1, -0.05) is 80.3 Å². The van der Waals surface area contributed by atoms with Crippen LogP contribution >= 0.6 is 0 Å². The molecule has 4 fully saturated rings. The Hall–Kier alpha value is -7.33. The molecule has 2 aromatic rings. The van der Waals surface area contributed by atoms with Gasteiger partial charge >= 0.3 is 23.9 Å². The fraction of sp³-hybridized carbons (Fsp3) is 0.431. The van der Waals surface area contributed by atoms with Crippen molar-refractivity contribution in [3.63, 3.8) is 0 Å². The number of rotatable bonds is 19. The Bertz CT molecular complexity index is 2590. The van der Waals surface area contributed by atoms with Gasteiger partial charge in [0.25, 0.3) is 41.5 Å². The smallest absolute Gasteiger partial charge is 0.338 e. The van der Waals surface area contributed by atoms with Crippen LogP contribution < -0.4 is 37.7 Å². The van der Waals surface area contributed by atoms with E-state index in [1.165, 1.54) is 27.8 Å². The molecule has 9 unspecified atom stereocenters. The minimum absolute atomic E-state index is 0.00568. The molecule has 2 amide bonds.